The van der Waals surface area contributed by atoms with Crippen molar-refractivity contribution in [2.75, 3.05) is 13.1 Å². The van der Waals surface area contributed by atoms with Gasteiger partial charge in [-0.05, 0) is 35.3 Å². The molecule has 0 radical (unpaired) electrons. The molecule has 0 spiro atoms. The van der Waals surface area contributed by atoms with Crippen LogP contribution in [0.15, 0.2) is 24.3 Å². The van der Waals surface area contributed by atoms with E-state index in [4.69, 9.17) is 4.74 Å². The highest BCUT2D eigenvalue weighted by molar-refractivity contribution is 5.29. The van der Waals surface area contributed by atoms with Gasteiger partial charge in [-0.2, -0.15) is 0 Å². The summed E-state index contributed by atoms with van der Waals surface area (Å²) in [6.45, 7) is 8.73. The third-order valence-corrected chi connectivity index (χ3v) is 4.31. The van der Waals surface area contributed by atoms with Crippen molar-refractivity contribution in [2.45, 2.75) is 51.2 Å². The normalized spacial score (nSPS) is 28.4. The van der Waals surface area contributed by atoms with Crippen LogP contribution in [-0.2, 0) is 10.2 Å². The molecule has 0 bridgehead atoms. The molecule has 1 aliphatic heterocycles. The third-order valence-electron chi connectivity index (χ3n) is 4.31. The van der Waals surface area contributed by atoms with E-state index in [-0.39, 0.29) is 11.5 Å². The van der Waals surface area contributed by atoms with Gasteiger partial charge in [0.05, 0.1) is 12.2 Å². The van der Waals surface area contributed by atoms with Crippen molar-refractivity contribution < 1.29 is 4.74 Å². The van der Waals surface area contributed by atoms with Gasteiger partial charge in [0.15, 0.2) is 0 Å². The minimum absolute atomic E-state index is 0.223. The zero-order valence-corrected chi connectivity index (χ0v) is 12.3. The van der Waals surface area contributed by atoms with Crippen LogP contribution in [-0.4, -0.2) is 19.2 Å². The molecule has 2 heteroatoms. The first-order valence-electron chi connectivity index (χ1n) is 7.50. The van der Waals surface area contributed by atoms with Crippen LogP contribution in [0, 0.1) is 5.92 Å². The van der Waals surface area contributed by atoms with Gasteiger partial charge in [-0.25, -0.2) is 0 Å². The van der Waals surface area contributed by atoms with Crippen molar-refractivity contribution in [3.8, 4) is 0 Å². The van der Waals surface area contributed by atoms with Gasteiger partial charge >= 0.3 is 0 Å². The molecule has 1 aromatic carbocycles. The molecule has 1 heterocycles. The summed E-state index contributed by atoms with van der Waals surface area (Å²) in [5.74, 6) is 0.809. The number of morpholine rings is 1. The molecule has 3 rings (SSSR count). The molecule has 0 amide bonds. The Morgan fingerprint density at radius 3 is 2.32 bits per heavy atom. The van der Waals surface area contributed by atoms with Crippen molar-refractivity contribution in [1.82, 2.24) is 5.32 Å². The van der Waals surface area contributed by atoms with E-state index in [2.05, 4.69) is 50.4 Å². The van der Waals surface area contributed by atoms with E-state index < -0.39 is 0 Å². The van der Waals surface area contributed by atoms with Crippen molar-refractivity contribution >= 4 is 0 Å². The fraction of sp³-hybridized carbons (Fsp3) is 0.647. The Hall–Kier alpha value is -0.860. The predicted octanol–water partition coefficient (Wildman–Crippen LogP) is 3.42. The van der Waals surface area contributed by atoms with Gasteiger partial charge in [-0.15, -0.1) is 0 Å². The number of ether oxygens (including phenoxy) is 1. The summed E-state index contributed by atoms with van der Waals surface area (Å²) in [4.78, 5) is 0. The largest absolute Gasteiger partial charge is 0.367 e. The fourth-order valence-corrected chi connectivity index (χ4v) is 2.80. The van der Waals surface area contributed by atoms with Crippen LogP contribution in [0.2, 0.25) is 0 Å². The highest BCUT2D eigenvalue weighted by Crippen LogP contribution is 2.37. The number of hydrogen-bond acceptors (Lipinski definition) is 2. The lowest BCUT2D eigenvalue weighted by molar-refractivity contribution is -0.0493. The molecule has 0 aromatic heterocycles. The Bertz CT molecular complexity index is 428. The SMILES string of the molecule is CC(C)(C)c1ccc(C2CNCC(C3CC3)O2)cc1. The van der Waals surface area contributed by atoms with E-state index in [1.54, 1.807) is 0 Å². The van der Waals surface area contributed by atoms with Crippen LogP contribution in [0.5, 0.6) is 0 Å². The summed E-state index contributed by atoms with van der Waals surface area (Å²) in [6.07, 6.45) is 3.36. The highest BCUT2D eigenvalue weighted by Gasteiger charge is 2.36. The smallest absolute Gasteiger partial charge is 0.0953 e. The fourth-order valence-electron chi connectivity index (χ4n) is 2.80. The highest BCUT2D eigenvalue weighted by atomic mass is 16.5. The monoisotopic (exact) mass is 259 g/mol. The summed E-state index contributed by atoms with van der Waals surface area (Å²) < 4.78 is 6.26. The minimum Gasteiger partial charge on any atom is -0.367 e. The summed E-state index contributed by atoms with van der Waals surface area (Å²) in [5.41, 5.74) is 2.92. The standard InChI is InChI=1S/C17H25NO/c1-17(2,3)14-8-6-13(7-9-14)16-11-18-10-15(19-16)12-4-5-12/h6-9,12,15-16,18H,4-5,10-11H2,1-3H3. The molecule has 104 valence electrons. The quantitative estimate of drug-likeness (QED) is 0.878. The van der Waals surface area contributed by atoms with Crippen LogP contribution in [0.3, 0.4) is 0 Å². The van der Waals surface area contributed by atoms with Crippen molar-refractivity contribution in [1.29, 1.82) is 0 Å². The van der Waals surface area contributed by atoms with E-state index in [0.29, 0.717) is 6.10 Å². The van der Waals surface area contributed by atoms with Gasteiger partial charge in [-0.3, -0.25) is 0 Å². The summed E-state index contributed by atoms with van der Waals surface area (Å²) >= 11 is 0. The van der Waals surface area contributed by atoms with Crippen LogP contribution >= 0.6 is 0 Å². The second kappa shape index (κ2) is 4.92. The van der Waals surface area contributed by atoms with Gasteiger partial charge < -0.3 is 10.1 Å². The average molecular weight is 259 g/mol. The van der Waals surface area contributed by atoms with Gasteiger partial charge in [0.2, 0.25) is 0 Å². The molecule has 2 atom stereocenters. The molecule has 2 fully saturated rings. The lowest BCUT2D eigenvalue weighted by Gasteiger charge is -2.31. The Kier molecular flexibility index (Phi) is 3.40. The van der Waals surface area contributed by atoms with E-state index in [9.17, 15) is 0 Å². The lowest BCUT2D eigenvalue weighted by Crippen LogP contribution is -2.41. The second-order valence-electron chi connectivity index (χ2n) is 7.03. The Morgan fingerprint density at radius 2 is 1.74 bits per heavy atom. The van der Waals surface area contributed by atoms with E-state index in [1.165, 1.54) is 24.0 Å². The van der Waals surface area contributed by atoms with Crippen molar-refractivity contribution in [3.05, 3.63) is 35.4 Å². The topological polar surface area (TPSA) is 21.3 Å². The Balaban J connectivity index is 1.71. The average Bonchev–Trinajstić information content (AvgIpc) is 3.22. The van der Waals surface area contributed by atoms with E-state index in [1.807, 2.05) is 0 Å². The van der Waals surface area contributed by atoms with Crippen LogP contribution in [0.25, 0.3) is 0 Å². The molecule has 2 unspecified atom stereocenters. The molecule has 19 heavy (non-hydrogen) atoms. The maximum absolute atomic E-state index is 6.26. The summed E-state index contributed by atoms with van der Waals surface area (Å²) in [5, 5.41) is 3.52. The first kappa shape index (κ1) is 13.1. The third kappa shape index (κ3) is 3.01. The maximum Gasteiger partial charge on any atom is 0.0953 e. The number of hydrogen-bond donors (Lipinski definition) is 1. The number of benzene rings is 1. The molecular formula is C17H25NO. The molecule has 1 saturated heterocycles. The predicted molar refractivity (Wildman–Crippen MR) is 78.3 cm³/mol. The number of rotatable bonds is 2. The zero-order chi connectivity index (χ0) is 13.5. The van der Waals surface area contributed by atoms with Gasteiger partial charge in [0.25, 0.3) is 0 Å². The van der Waals surface area contributed by atoms with Gasteiger partial charge in [-0.1, -0.05) is 45.0 Å². The van der Waals surface area contributed by atoms with Crippen molar-refractivity contribution in [3.63, 3.8) is 0 Å². The van der Waals surface area contributed by atoms with E-state index in [0.717, 1.165) is 19.0 Å². The van der Waals surface area contributed by atoms with Crippen LogP contribution in [0.1, 0.15) is 50.8 Å². The second-order valence-corrected chi connectivity index (χ2v) is 7.03. The van der Waals surface area contributed by atoms with Crippen LogP contribution in [0.4, 0.5) is 0 Å². The van der Waals surface area contributed by atoms with E-state index >= 15 is 0 Å². The molecule has 1 aromatic rings. The maximum atomic E-state index is 6.26. The first-order chi connectivity index (χ1) is 9.04. The molecular weight excluding hydrogens is 234 g/mol. The molecule has 1 N–H and O–H groups in total. The zero-order valence-electron chi connectivity index (χ0n) is 12.3. The van der Waals surface area contributed by atoms with Crippen molar-refractivity contribution in [2.24, 2.45) is 5.92 Å². The van der Waals surface area contributed by atoms with Gasteiger partial charge in [0.1, 0.15) is 0 Å². The molecule has 1 saturated carbocycles. The summed E-state index contributed by atoms with van der Waals surface area (Å²) in [6, 6.07) is 8.98. The molecule has 1 aliphatic carbocycles. The first-order valence-corrected chi connectivity index (χ1v) is 7.50. The number of nitrogens with one attached hydrogen (secondary N) is 1. The minimum atomic E-state index is 0.223. The Labute approximate surface area is 116 Å². The molecule has 2 nitrogen and oxygen atoms in total. The van der Waals surface area contributed by atoms with Crippen LogP contribution < -0.4 is 5.32 Å². The van der Waals surface area contributed by atoms with Gasteiger partial charge in [0, 0.05) is 13.1 Å². The molecule has 2 aliphatic rings. The lowest BCUT2D eigenvalue weighted by atomic mass is 9.86. The Morgan fingerprint density at radius 1 is 1.05 bits per heavy atom. The summed E-state index contributed by atoms with van der Waals surface area (Å²) in [7, 11) is 0.